The monoisotopic (exact) mass is 266 g/mol. The van der Waals surface area contributed by atoms with Crippen LogP contribution in [0.15, 0.2) is 0 Å². The van der Waals surface area contributed by atoms with Crippen LogP contribution in [0.4, 0.5) is 0 Å². The summed E-state index contributed by atoms with van der Waals surface area (Å²) < 4.78 is 4.94. The van der Waals surface area contributed by atoms with E-state index in [9.17, 15) is 9.59 Å². The Labute approximate surface area is 113 Å². The summed E-state index contributed by atoms with van der Waals surface area (Å²) >= 11 is 0. The van der Waals surface area contributed by atoms with Gasteiger partial charge in [0.2, 0.25) is 5.91 Å². The Hall–Kier alpha value is -1.10. The van der Waals surface area contributed by atoms with E-state index in [1.54, 1.807) is 0 Å². The van der Waals surface area contributed by atoms with E-state index in [1.165, 1.54) is 20.0 Å². The van der Waals surface area contributed by atoms with Crippen LogP contribution in [0.1, 0.15) is 32.1 Å². The van der Waals surface area contributed by atoms with Crippen molar-refractivity contribution >= 4 is 11.9 Å². The lowest BCUT2D eigenvalue weighted by molar-refractivity contribution is -0.147. The van der Waals surface area contributed by atoms with Gasteiger partial charge in [-0.15, -0.1) is 0 Å². The quantitative estimate of drug-likeness (QED) is 0.755. The largest absolute Gasteiger partial charge is 0.468 e. The second kappa shape index (κ2) is 5.12. The summed E-state index contributed by atoms with van der Waals surface area (Å²) in [7, 11) is 1.44. The van der Waals surface area contributed by atoms with E-state index in [4.69, 9.17) is 4.74 Å². The maximum absolute atomic E-state index is 12.0. The van der Waals surface area contributed by atoms with Gasteiger partial charge in [-0.1, -0.05) is 6.42 Å². The topological polar surface area (TPSA) is 58.6 Å². The van der Waals surface area contributed by atoms with Gasteiger partial charge >= 0.3 is 5.97 Å². The molecular formula is C14H22N2O3. The van der Waals surface area contributed by atoms with Crippen LogP contribution in [0.3, 0.4) is 0 Å². The summed E-state index contributed by atoms with van der Waals surface area (Å²) in [5.74, 6) is 0.837. The van der Waals surface area contributed by atoms with E-state index in [-0.39, 0.29) is 17.9 Å². The minimum atomic E-state index is -0.206. The van der Waals surface area contributed by atoms with E-state index in [1.807, 2.05) is 4.90 Å². The van der Waals surface area contributed by atoms with Crippen molar-refractivity contribution in [3.63, 3.8) is 0 Å². The van der Waals surface area contributed by atoms with Crippen molar-refractivity contribution in [1.29, 1.82) is 0 Å². The molecule has 3 aliphatic rings. The first kappa shape index (κ1) is 12.9. The Morgan fingerprint density at radius 2 is 2.05 bits per heavy atom. The van der Waals surface area contributed by atoms with E-state index in [2.05, 4.69) is 5.32 Å². The zero-order valence-electron chi connectivity index (χ0n) is 11.4. The second-order valence-corrected chi connectivity index (χ2v) is 6.09. The number of hydrogen-bond acceptors (Lipinski definition) is 4. The highest BCUT2D eigenvalue weighted by atomic mass is 16.5. The molecule has 3 atom stereocenters. The standard InChI is InChI=1S/C14H22N2O3/c1-19-14(18)13-11-4-2-3-9(11)7-16(13)8-12(17)15-10-5-6-10/h9-11,13H,2-8H2,1H3,(H,15,17)/t9-,11-,13+/m1/s1. The number of rotatable bonds is 4. The van der Waals surface area contributed by atoms with Crippen LogP contribution in [0.25, 0.3) is 0 Å². The Kier molecular flexibility index (Phi) is 3.48. The number of fused-ring (bicyclic) bond motifs is 1. The number of hydrogen-bond donors (Lipinski definition) is 1. The number of ether oxygens (including phenoxy) is 1. The molecule has 1 heterocycles. The van der Waals surface area contributed by atoms with Crippen molar-refractivity contribution in [3.8, 4) is 0 Å². The fraction of sp³-hybridized carbons (Fsp3) is 0.857. The van der Waals surface area contributed by atoms with Crippen LogP contribution >= 0.6 is 0 Å². The summed E-state index contributed by atoms with van der Waals surface area (Å²) in [6.07, 6.45) is 5.66. The average molecular weight is 266 g/mol. The molecule has 106 valence electrons. The lowest BCUT2D eigenvalue weighted by Gasteiger charge is -2.24. The molecule has 2 saturated carbocycles. The van der Waals surface area contributed by atoms with Gasteiger partial charge in [0.1, 0.15) is 6.04 Å². The van der Waals surface area contributed by atoms with Gasteiger partial charge in [-0.3, -0.25) is 14.5 Å². The molecule has 2 aliphatic carbocycles. The number of amides is 1. The summed E-state index contributed by atoms with van der Waals surface area (Å²) in [5.41, 5.74) is 0. The van der Waals surface area contributed by atoms with Crippen LogP contribution in [-0.2, 0) is 14.3 Å². The van der Waals surface area contributed by atoms with Crippen molar-refractivity contribution in [2.45, 2.75) is 44.2 Å². The zero-order valence-corrected chi connectivity index (χ0v) is 11.4. The minimum absolute atomic E-state index is 0.0522. The van der Waals surface area contributed by atoms with Crippen molar-refractivity contribution in [1.82, 2.24) is 10.2 Å². The van der Waals surface area contributed by atoms with Crippen LogP contribution in [0.2, 0.25) is 0 Å². The van der Waals surface area contributed by atoms with Gasteiger partial charge < -0.3 is 10.1 Å². The second-order valence-electron chi connectivity index (χ2n) is 6.09. The van der Waals surface area contributed by atoms with E-state index in [0.29, 0.717) is 24.4 Å². The lowest BCUT2D eigenvalue weighted by atomic mass is 9.94. The fourth-order valence-electron chi connectivity index (χ4n) is 3.69. The Bertz CT molecular complexity index is 381. The number of nitrogens with one attached hydrogen (secondary N) is 1. The molecule has 0 spiro atoms. The third-order valence-corrected chi connectivity index (χ3v) is 4.72. The molecule has 5 nitrogen and oxygen atoms in total. The van der Waals surface area contributed by atoms with E-state index < -0.39 is 0 Å². The number of carbonyl (C=O) groups is 2. The molecule has 1 amide bonds. The first-order chi connectivity index (χ1) is 9.19. The number of esters is 1. The molecule has 0 aromatic carbocycles. The predicted molar refractivity (Wildman–Crippen MR) is 69.4 cm³/mol. The lowest BCUT2D eigenvalue weighted by Crippen LogP contribution is -2.45. The van der Waals surface area contributed by atoms with E-state index in [0.717, 1.165) is 25.8 Å². The molecule has 0 aromatic heterocycles. The SMILES string of the molecule is COC(=O)[C@@H]1[C@@H]2CCC[C@@H]2CN1CC(=O)NC1CC1. The van der Waals surface area contributed by atoms with Crippen molar-refractivity contribution in [2.75, 3.05) is 20.2 Å². The van der Waals surface area contributed by atoms with Crippen LogP contribution in [-0.4, -0.2) is 49.1 Å². The molecule has 19 heavy (non-hydrogen) atoms. The molecule has 1 N–H and O–H groups in total. The molecule has 5 heteroatoms. The summed E-state index contributed by atoms with van der Waals surface area (Å²) in [6, 6.07) is 0.175. The molecule has 0 unspecified atom stereocenters. The van der Waals surface area contributed by atoms with Crippen LogP contribution < -0.4 is 5.32 Å². The Morgan fingerprint density at radius 1 is 1.26 bits per heavy atom. The molecule has 1 saturated heterocycles. The first-order valence-corrected chi connectivity index (χ1v) is 7.30. The molecule has 3 fully saturated rings. The highest BCUT2D eigenvalue weighted by Crippen LogP contribution is 2.42. The third kappa shape index (κ3) is 2.61. The number of methoxy groups -OCH3 is 1. The molecule has 3 rings (SSSR count). The normalized spacial score (nSPS) is 34.1. The zero-order chi connectivity index (χ0) is 13.4. The minimum Gasteiger partial charge on any atom is -0.468 e. The third-order valence-electron chi connectivity index (χ3n) is 4.72. The van der Waals surface area contributed by atoms with Gasteiger partial charge in [-0.05, 0) is 37.5 Å². The number of carbonyl (C=O) groups excluding carboxylic acids is 2. The van der Waals surface area contributed by atoms with Gasteiger partial charge in [0, 0.05) is 12.6 Å². The maximum Gasteiger partial charge on any atom is 0.323 e. The Morgan fingerprint density at radius 3 is 2.74 bits per heavy atom. The molecule has 0 radical (unpaired) electrons. The summed E-state index contributed by atoms with van der Waals surface area (Å²) in [6.45, 7) is 1.20. The smallest absolute Gasteiger partial charge is 0.323 e. The first-order valence-electron chi connectivity index (χ1n) is 7.30. The van der Waals surface area contributed by atoms with E-state index >= 15 is 0 Å². The van der Waals surface area contributed by atoms with Crippen molar-refractivity contribution in [3.05, 3.63) is 0 Å². The predicted octanol–water partition coefficient (Wildman–Crippen LogP) is 0.539. The van der Waals surface area contributed by atoms with Gasteiger partial charge in [-0.2, -0.15) is 0 Å². The van der Waals surface area contributed by atoms with Gasteiger partial charge in [-0.25, -0.2) is 0 Å². The summed E-state index contributed by atoms with van der Waals surface area (Å²) in [4.78, 5) is 25.9. The molecule has 0 bridgehead atoms. The van der Waals surface area contributed by atoms with Gasteiger partial charge in [0.15, 0.2) is 0 Å². The number of likely N-dealkylation sites (tertiary alicyclic amines) is 1. The van der Waals surface area contributed by atoms with Crippen LogP contribution in [0, 0.1) is 11.8 Å². The number of nitrogens with zero attached hydrogens (tertiary/aromatic N) is 1. The van der Waals surface area contributed by atoms with Crippen LogP contribution in [0.5, 0.6) is 0 Å². The molecular weight excluding hydrogens is 244 g/mol. The van der Waals surface area contributed by atoms with Gasteiger partial charge in [0.25, 0.3) is 0 Å². The average Bonchev–Trinajstić information content (AvgIpc) is 2.95. The molecule has 0 aromatic rings. The van der Waals surface area contributed by atoms with Crippen molar-refractivity contribution in [2.24, 2.45) is 11.8 Å². The highest BCUT2D eigenvalue weighted by molar-refractivity contribution is 5.81. The summed E-state index contributed by atoms with van der Waals surface area (Å²) in [5, 5.41) is 2.99. The fourth-order valence-corrected chi connectivity index (χ4v) is 3.69. The highest BCUT2D eigenvalue weighted by Gasteiger charge is 2.48. The van der Waals surface area contributed by atoms with Crippen molar-refractivity contribution < 1.29 is 14.3 Å². The Balaban J connectivity index is 1.64. The maximum atomic E-state index is 12.0. The van der Waals surface area contributed by atoms with Gasteiger partial charge in [0.05, 0.1) is 13.7 Å². The molecule has 1 aliphatic heterocycles.